The Balaban J connectivity index is 1.70. The number of aliphatic carboxylic acids is 1. The number of hydrogen-bond donors (Lipinski definition) is 1. The Morgan fingerprint density at radius 1 is 1.38 bits per heavy atom. The number of aromatic nitrogens is 1. The summed E-state index contributed by atoms with van der Waals surface area (Å²) in [6, 6.07) is 6.48. The zero-order valence-electron chi connectivity index (χ0n) is 12.9. The monoisotopic (exact) mass is 348 g/mol. The minimum atomic E-state index is -0.869. The van der Waals surface area contributed by atoms with E-state index >= 15 is 0 Å². The second-order valence-corrected chi connectivity index (χ2v) is 6.77. The molecule has 1 N–H and O–H groups in total. The van der Waals surface area contributed by atoms with Crippen molar-refractivity contribution in [3.63, 3.8) is 0 Å². The molecule has 5 nitrogen and oxygen atoms in total. The summed E-state index contributed by atoms with van der Waals surface area (Å²) in [6.07, 6.45) is 1.60. The van der Waals surface area contributed by atoms with E-state index in [0.29, 0.717) is 42.1 Å². The minimum absolute atomic E-state index is 0.217. The molecule has 1 saturated heterocycles. The fourth-order valence-corrected chi connectivity index (χ4v) is 3.61. The number of benzene rings is 1. The van der Waals surface area contributed by atoms with Gasteiger partial charge < -0.3 is 10.0 Å². The fraction of sp³-hybridized carbons (Fsp3) is 0.353. The molecule has 1 atom stereocenters. The second kappa shape index (κ2) is 7.09. The van der Waals surface area contributed by atoms with E-state index in [4.69, 9.17) is 5.11 Å². The van der Waals surface area contributed by atoms with E-state index in [0.717, 1.165) is 0 Å². The first-order chi connectivity index (χ1) is 11.5. The molecule has 1 fully saturated rings. The highest BCUT2D eigenvalue weighted by molar-refractivity contribution is 7.09. The number of carboxylic acid groups (broad SMARTS) is 1. The molecule has 1 amide bonds. The maximum absolute atomic E-state index is 13.7. The zero-order chi connectivity index (χ0) is 17.1. The van der Waals surface area contributed by atoms with Crippen LogP contribution in [0.25, 0.3) is 0 Å². The smallest absolute Gasteiger partial charge is 0.308 e. The second-order valence-electron chi connectivity index (χ2n) is 5.82. The van der Waals surface area contributed by atoms with Crippen LogP contribution >= 0.6 is 11.3 Å². The van der Waals surface area contributed by atoms with Gasteiger partial charge in [0.1, 0.15) is 11.5 Å². The Labute approximate surface area is 142 Å². The molecule has 3 rings (SSSR count). The lowest BCUT2D eigenvalue weighted by atomic mass is 9.98. The number of nitrogens with zero attached hydrogens (tertiary/aromatic N) is 2. The van der Waals surface area contributed by atoms with Crippen LogP contribution in [0.3, 0.4) is 0 Å². The third-order valence-corrected chi connectivity index (χ3v) is 4.98. The number of rotatable bonds is 4. The van der Waals surface area contributed by atoms with Crippen LogP contribution in [-0.4, -0.2) is 40.0 Å². The Hall–Kier alpha value is -2.28. The summed E-state index contributed by atoms with van der Waals surface area (Å²) in [5, 5.41) is 11.4. The maximum Gasteiger partial charge on any atom is 0.308 e. The Bertz CT molecular complexity index is 762. The van der Waals surface area contributed by atoms with Gasteiger partial charge in [0, 0.05) is 24.9 Å². The fourth-order valence-electron chi connectivity index (χ4n) is 2.82. The van der Waals surface area contributed by atoms with Crippen LogP contribution in [0.15, 0.2) is 29.6 Å². The van der Waals surface area contributed by atoms with Crippen molar-refractivity contribution in [1.29, 1.82) is 0 Å². The predicted octanol–water partition coefficient (Wildman–Crippen LogP) is 2.81. The zero-order valence-corrected chi connectivity index (χ0v) is 13.8. The number of carboxylic acids is 1. The van der Waals surface area contributed by atoms with Gasteiger partial charge in [-0.1, -0.05) is 18.2 Å². The Morgan fingerprint density at radius 2 is 2.17 bits per heavy atom. The van der Waals surface area contributed by atoms with Crippen LogP contribution in [0.2, 0.25) is 0 Å². The molecule has 2 aromatic rings. The summed E-state index contributed by atoms with van der Waals surface area (Å²) in [4.78, 5) is 29.5. The molecule has 1 aromatic heterocycles. The quantitative estimate of drug-likeness (QED) is 0.922. The molecule has 0 radical (unpaired) electrons. The maximum atomic E-state index is 13.7. The van der Waals surface area contributed by atoms with Crippen LogP contribution < -0.4 is 0 Å². The number of carbonyl (C=O) groups is 2. The molecule has 0 spiro atoms. The molecule has 0 bridgehead atoms. The molecular formula is C17H17FN2O3S. The van der Waals surface area contributed by atoms with Crippen molar-refractivity contribution in [3.05, 3.63) is 51.7 Å². The van der Waals surface area contributed by atoms with Gasteiger partial charge in [0.15, 0.2) is 0 Å². The van der Waals surface area contributed by atoms with Crippen molar-refractivity contribution in [1.82, 2.24) is 9.88 Å². The largest absolute Gasteiger partial charge is 0.481 e. The van der Waals surface area contributed by atoms with E-state index in [1.54, 1.807) is 28.5 Å². The first-order valence-electron chi connectivity index (χ1n) is 7.74. The molecule has 1 aromatic carbocycles. The third-order valence-electron chi connectivity index (χ3n) is 4.13. The van der Waals surface area contributed by atoms with Gasteiger partial charge in [0.05, 0.1) is 10.9 Å². The van der Waals surface area contributed by atoms with Crippen molar-refractivity contribution in [2.24, 2.45) is 5.92 Å². The van der Waals surface area contributed by atoms with E-state index in [1.165, 1.54) is 17.4 Å². The summed E-state index contributed by atoms with van der Waals surface area (Å²) in [7, 11) is 0. The summed E-state index contributed by atoms with van der Waals surface area (Å²) < 4.78 is 13.7. The van der Waals surface area contributed by atoms with Gasteiger partial charge in [0.2, 0.25) is 0 Å². The summed E-state index contributed by atoms with van der Waals surface area (Å²) in [5.41, 5.74) is 0.840. The lowest BCUT2D eigenvalue weighted by molar-refractivity contribution is -0.143. The van der Waals surface area contributed by atoms with Gasteiger partial charge in [-0.15, -0.1) is 11.3 Å². The molecule has 7 heteroatoms. The van der Waals surface area contributed by atoms with Crippen molar-refractivity contribution < 1.29 is 19.1 Å². The van der Waals surface area contributed by atoms with Gasteiger partial charge in [-0.05, 0) is 24.5 Å². The summed E-state index contributed by atoms with van der Waals surface area (Å²) in [6.45, 7) is 0.761. The highest BCUT2D eigenvalue weighted by Crippen LogP contribution is 2.21. The van der Waals surface area contributed by atoms with Gasteiger partial charge in [-0.2, -0.15) is 0 Å². The number of amides is 1. The molecule has 2 heterocycles. The number of piperidine rings is 1. The normalized spacial score (nSPS) is 17.7. The van der Waals surface area contributed by atoms with Crippen LogP contribution in [0, 0.1) is 11.7 Å². The number of hydrogen-bond acceptors (Lipinski definition) is 4. The first kappa shape index (κ1) is 16.6. The van der Waals surface area contributed by atoms with E-state index < -0.39 is 11.9 Å². The van der Waals surface area contributed by atoms with E-state index in [-0.39, 0.29) is 18.3 Å². The minimum Gasteiger partial charge on any atom is -0.481 e. The van der Waals surface area contributed by atoms with Gasteiger partial charge >= 0.3 is 5.97 Å². The van der Waals surface area contributed by atoms with Gasteiger partial charge in [-0.25, -0.2) is 9.37 Å². The lowest BCUT2D eigenvalue weighted by Gasteiger charge is -2.30. The Kier molecular flexibility index (Phi) is 4.89. The van der Waals surface area contributed by atoms with Crippen molar-refractivity contribution in [2.75, 3.05) is 13.1 Å². The van der Waals surface area contributed by atoms with Crippen LogP contribution in [0.1, 0.15) is 33.9 Å². The molecule has 1 unspecified atom stereocenters. The van der Waals surface area contributed by atoms with Gasteiger partial charge in [-0.3, -0.25) is 9.59 Å². The first-order valence-corrected chi connectivity index (χ1v) is 8.62. The highest BCUT2D eigenvalue weighted by atomic mass is 32.1. The number of likely N-dealkylation sites (tertiary alicyclic amines) is 1. The van der Waals surface area contributed by atoms with Crippen molar-refractivity contribution in [3.8, 4) is 0 Å². The topological polar surface area (TPSA) is 70.5 Å². The van der Waals surface area contributed by atoms with Crippen molar-refractivity contribution in [2.45, 2.75) is 19.3 Å². The molecule has 1 aliphatic rings. The van der Waals surface area contributed by atoms with E-state index in [2.05, 4.69) is 4.98 Å². The molecular weight excluding hydrogens is 331 g/mol. The molecule has 0 saturated carbocycles. The molecule has 126 valence electrons. The average Bonchev–Trinajstić information content (AvgIpc) is 3.05. The molecule has 0 aliphatic carbocycles. The third kappa shape index (κ3) is 3.62. The molecule has 1 aliphatic heterocycles. The molecule has 24 heavy (non-hydrogen) atoms. The highest BCUT2D eigenvalue weighted by Gasteiger charge is 2.29. The van der Waals surface area contributed by atoms with E-state index in [1.807, 2.05) is 0 Å². The van der Waals surface area contributed by atoms with Crippen LogP contribution in [0.4, 0.5) is 4.39 Å². The summed E-state index contributed by atoms with van der Waals surface area (Å²) >= 11 is 1.31. The standard InChI is InChI=1S/C17H17FN2O3S/c18-13-6-2-1-4-11(13)8-15-19-14(10-24-15)16(21)20-7-3-5-12(9-20)17(22)23/h1-2,4,6,10,12H,3,5,7-9H2,(H,22,23). The number of halogens is 1. The van der Waals surface area contributed by atoms with Crippen LogP contribution in [-0.2, 0) is 11.2 Å². The summed E-state index contributed by atoms with van der Waals surface area (Å²) in [5.74, 6) is -1.93. The number of carbonyl (C=O) groups excluding carboxylic acids is 1. The van der Waals surface area contributed by atoms with Gasteiger partial charge in [0.25, 0.3) is 5.91 Å². The average molecular weight is 348 g/mol. The number of thiazole rings is 1. The predicted molar refractivity (Wildman–Crippen MR) is 87.6 cm³/mol. The Morgan fingerprint density at radius 3 is 2.92 bits per heavy atom. The lowest BCUT2D eigenvalue weighted by Crippen LogP contribution is -2.42. The van der Waals surface area contributed by atoms with E-state index in [9.17, 15) is 14.0 Å². The van der Waals surface area contributed by atoms with Crippen LogP contribution in [0.5, 0.6) is 0 Å². The SMILES string of the molecule is O=C(O)C1CCCN(C(=O)c2csc(Cc3ccccc3F)n2)C1. The van der Waals surface area contributed by atoms with Crippen molar-refractivity contribution >= 4 is 23.2 Å².